The number of alkyl halides is 3. The van der Waals surface area contributed by atoms with Crippen molar-refractivity contribution in [2.75, 3.05) is 13.2 Å². The molecule has 0 aromatic rings. The Labute approximate surface area is 158 Å². The predicted molar refractivity (Wildman–Crippen MR) is 108 cm³/mol. The van der Waals surface area contributed by atoms with Crippen LogP contribution in [0.3, 0.4) is 0 Å². The first kappa shape index (κ1) is 24.8. The summed E-state index contributed by atoms with van der Waals surface area (Å²) in [4.78, 5) is 0. The number of halogens is 3. The summed E-state index contributed by atoms with van der Waals surface area (Å²) in [5, 5.41) is -2.05. The van der Waals surface area contributed by atoms with Gasteiger partial charge >= 0.3 is 0 Å². The molecular weight excluding hydrogens is 396 g/mol. The second-order valence-corrected chi connectivity index (χ2v) is 11.5. The highest BCUT2D eigenvalue weighted by Gasteiger charge is 2.56. The van der Waals surface area contributed by atoms with E-state index in [1.54, 1.807) is 27.7 Å². The van der Waals surface area contributed by atoms with Gasteiger partial charge in [-0.1, -0.05) is 52.9 Å². The minimum Gasteiger partial charge on any atom is -0.373 e. The summed E-state index contributed by atoms with van der Waals surface area (Å²) in [6, 6.07) is 0. The molecule has 0 heterocycles. The number of rotatable bonds is 10. The summed E-state index contributed by atoms with van der Waals surface area (Å²) < 4.78 is 41.4. The van der Waals surface area contributed by atoms with Crippen LogP contribution in [0.1, 0.15) is 61.8 Å². The molecule has 0 aliphatic rings. The summed E-state index contributed by atoms with van der Waals surface area (Å²) in [7, 11) is 3.45. The summed E-state index contributed by atoms with van der Waals surface area (Å²) in [6.07, 6.45) is 0.403. The summed E-state index contributed by atoms with van der Waals surface area (Å²) in [6.45, 7) is 15.3. The van der Waals surface area contributed by atoms with Crippen molar-refractivity contribution in [3.63, 3.8) is 0 Å². The van der Waals surface area contributed by atoms with Gasteiger partial charge in [-0.2, -0.15) is 0 Å². The Morgan fingerprint density at radius 3 is 1.88 bits per heavy atom. The van der Waals surface area contributed by atoms with E-state index in [1.807, 2.05) is 27.7 Å². The molecule has 0 spiro atoms. The molecule has 0 saturated heterocycles. The molecule has 0 radical (unpaired) electrons. The van der Waals surface area contributed by atoms with Crippen molar-refractivity contribution >= 4 is 33.0 Å². The summed E-state index contributed by atoms with van der Waals surface area (Å²) in [5.74, 6) is -0.425. The van der Waals surface area contributed by atoms with Crippen LogP contribution in [-0.2, 0) is 9.47 Å². The van der Waals surface area contributed by atoms with Crippen molar-refractivity contribution in [2.24, 2.45) is 11.3 Å². The molecule has 0 fully saturated rings. The predicted octanol–water partition coefficient (Wildman–Crippen LogP) is 4.84. The van der Waals surface area contributed by atoms with Gasteiger partial charge in [0.1, 0.15) is 10.1 Å². The van der Waals surface area contributed by atoms with Crippen LogP contribution in [0.4, 0.5) is 8.78 Å². The third kappa shape index (κ3) is 6.81. The van der Waals surface area contributed by atoms with E-state index in [0.29, 0.717) is 19.6 Å². The van der Waals surface area contributed by atoms with Crippen LogP contribution in [0.2, 0.25) is 0 Å². The van der Waals surface area contributed by atoms with Gasteiger partial charge in [-0.3, -0.25) is 4.39 Å². The Kier molecular flexibility index (Phi) is 8.45. The van der Waals surface area contributed by atoms with Crippen molar-refractivity contribution in [3.8, 4) is 0 Å². The standard InChI is InChI=1S/C17H35BBrF2O2P/c1-12(2)16(18,20)17(21,24)13(3,4)9-10-22-14(5,6)11-23-15(7,8)19/h12H,9-11,18,24H2,1-8H3. The van der Waals surface area contributed by atoms with E-state index in [-0.39, 0.29) is 0 Å². The van der Waals surface area contributed by atoms with Crippen LogP contribution in [0, 0.1) is 11.3 Å². The molecule has 24 heavy (non-hydrogen) atoms. The van der Waals surface area contributed by atoms with Crippen LogP contribution in [0.5, 0.6) is 0 Å². The molecule has 7 heteroatoms. The van der Waals surface area contributed by atoms with E-state index in [4.69, 9.17) is 9.47 Å². The van der Waals surface area contributed by atoms with Crippen LogP contribution >= 0.6 is 25.2 Å². The molecule has 0 aliphatic heterocycles. The van der Waals surface area contributed by atoms with Gasteiger partial charge in [0.25, 0.3) is 0 Å². The van der Waals surface area contributed by atoms with Crippen LogP contribution < -0.4 is 0 Å². The van der Waals surface area contributed by atoms with Gasteiger partial charge in [0.15, 0.2) is 13.3 Å². The van der Waals surface area contributed by atoms with Crippen molar-refractivity contribution in [1.82, 2.24) is 0 Å². The van der Waals surface area contributed by atoms with Crippen LogP contribution in [0.25, 0.3) is 0 Å². The molecule has 2 nitrogen and oxygen atoms in total. The molecular formula is C17H35BBrF2O2P. The Bertz CT molecular complexity index is 408. The molecule has 0 aromatic heterocycles. The Hall–Kier alpha value is 0.755. The molecule has 0 rings (SSSR count). The molecule has 0 N–H and O–H groups in total. The minimum absolute atomic E-state index is 0.334. The zero-order valence-electron chi connectivity index (χ0n) is 16.7. The third-order valence-electron chi connectivity index (χ3n) is 4.76. The second kappa shape index (κ2) is 8.19. The quantitative estimate of drug-likeness (QED) is 0.280. The summed E-state index contributed by atoms with van der Waals surface area (Å²) >= 11 is 3.42. The lowest BCUT2D eigenvalue weighted by molar-refractivity contribution is -0.108. The number of hydrogen-bond donors (Lipinski definition) is 0. The van der Waals surface area contributed by atoms with Gasteiger partial charge < -0.3 is 9.47 Å². The van der Waals surface area contributed by atoms with Crippen molar-refractivity contribution < 1.29 is 18.3 Å². The van der Waals surface area contributed by atoms with E-state index in [2.05, 4.69) is 25.2 Å². The molecule has 3 atom stereocenters. The molecule has 0 aliphatic carbocycles. The first-order valence-corrected chi connectivity index (χ1v) is 9.86. The van der Waals surface area contributed by atoms with Gasteiger partial charge in [-0.25, -0.2) is 4.39 Å². The first-order chi connectivity index (χ1) is 10.4. The summed E-state index contributed by atoms with van der Waals surface area (Å²) in [5.41, 5.74) is -3.34. The Morgan fingerprint density at radius 2 is 1.50 bits per heavy atom. The fourth-order valence-electron chi connectivity index (χ4n) is 2.23. The van der Waals surface area contributed by atoms with Gasteiger partial charge in [0.2, 0.25) is 0 Å². The van der Waals surface area contributed by atoms with E-state index in [0.717, 1.165) is 0 Å². The van der Waals surface area contributed by atoms with Gasteiger partial charge in [0, 0.05) is 12.0 Å². The normalized spacial score (nSPS) is 19.2. The van der Waals surface area contributed by atoms with Gasteiger partial charge in [-0.15, -0.1) is 0 Å². The smallest absolute Gasteiger partial charge is 0.155 e. The molecule has 0 aromatic carbocycles. The Morgan fingerprint density at radius 1 is 1.04 bits per heavy atom. The monoisotopic (exact) mass is 430 g/mol. The van der Waals surface area contributed by atoms with Crippen molar-refractivity contribution in [3.05, 3.63) is 0 Å². The lowest BCUT2D eigenvalue weighted by Gasteiger charge is -2.47. The topological polar surface area (TPSA) is 18.5 Å². The molecule has 0 bridgehead atoms. The lowest BCUT2D eigenvalue weighted by atomic mass is 9.63. The average molecular weight is 431 g/mol. The SMILES string of the molecule is BC(F)(C(C)C)C(F)(P)C(C)(C)CCOC(C)(C)COC(C)(C)Br. The zero-order valence-corrected chi connectivity index (χ0v) is 19.5. The molecule has 0 amide bonds. The molecule has 144 valence electrons. The van der Waals surface area contributed by atoms with E-state index < -0.39 is 32.4 Å². The zero-order chi connectivity index (χ0) is 19.6. The fourth-order valence-corrected chi connectivity index (χ4v) is 2.83. The fraction of sp³-hybridized carbons (Fsp3) is 1.00. The highest BCUT2D eigenvalue weighted by atomic mass is 79.9. The van der Waals surface area contributed by atoms with Crippen molar-refractivity contribution in [1.29, 1.82) is 0 Å². The van der Waals surface area contributed by atoms with Crippen LogP contribution in [-0.4, -0.2) is 42.1 Å². The maximum Gasteiger partial charge on any atom is 0.155 e. The lowest BCUT2D eigenvalue weighted by Crippen LogP contribution is -2.56. The van der Waals surface area contributed by atoms with E-state index in [1.165, 1.54) is 7.85 Å². The third-order valence-corrected chi connectivity index (χ3v) is 6.34. The first-order valence-electron chi connectivity index (χ1n) is 8.49. The largest absolute Gasteiger partial charge is 0.373 e. The van der Waals surface area contributed by atoms with Gasteiger partial charge in [-0.05, 0) is 40.0 Å². The van der Waals surface area contributed by atoms with Crippen LogP contribution in [0.15, 0.2) is 0 Å². The highest BCUT2D eigenvalue weighted by Crippen LogP contribution is 2.52. The van der Waals surface area contributed by atoms with Gasteiger partial charge in [0.05, 0.1) is 12.2 Å². The van der Waals surface area contributed by atoms with E-state index in [9.17, 15) is 4.39 Å². The maximum absolute atomic E-state index is 15.3. The Balaban J connectivity index is 4.79. The highest BCUT2D eigenvalue weighted by molar-refractivity contribution is 9.10. The van der Waals surface area contributed by atoms with E-state index >= 15 is 4.39 Å². The number of ether oxygens (including phenoxy) is 2. The minimum atomic E-state index is -2.05. The second-order valence-electron chi connectivity index (χ2n) is 8.84. The molecule has 3 unspecified atom stereocenters. The number of hydrogen-bond acceptors (Lipinski definition) is 2. The maximum atomic E-state index is 15.3. The van der Waals surface area contributed by atoms with Crippen molar-refractivity contribution in [2.45, 2.75) is 82.9 Å². The average Bonchev–Trinajstić information content (AvgIpc) is 2.34. The molecule has 0 saturated carbocycles.